The van der Waals surface area contributed by atoms with Crippen molar-refractivity contribution in [2.24, 2.45) is 0 Å². The topological polar surface area (TPSA) is 20.3 Å². The van der Waals surface area contributed by atoms with Crippen molar-refractivity contribution in [1.82, 2.24) is 4.90 Å². The minimum absolute atomic E-state index is 1.23. The van der Waals surface area contributed by atoms with Crippen molar-refractivity contribution >= 4 is 6.79 Å². The van der Waals surface area contributed by atoms with Gasteiger partial charge in [-0.1, -0.05) is 13.3 Å². The van der Waals surface area contributed by atoms with Crippen molar-refractivity contribution in [3.8, 4) is 0 Å². The zero-order valence-electron chi connectivity index (χ0n) is 6.68. The van der Waals surface area contributed by atoms with Crippen LogP contribution in [0.15, 0.2) is 0 Å². The minimum Gasteiger partial charge on any atom is -0.309 e. The highest BCUT2D eigenvalue weighted by atomic mass is 16.1. The van der Waals surface area contributed by atoms with Gasteiger partial charge in [-0.15, -0.1) is 0 Å². The summed E-state index contributed by atoms with van der Waals surface area (Å²) in [6.45, 7) is 5.44. The lowest BCUT2D eigenvalue weighted by Gasteiger charge is -2.05. The van der Waals surface area contributed by atoms with Crippen molar-refractivity contribution in [3.63, 3.8) is 0 Å². The van der Waals surface area contributed by atoms with Crippen LogP contribution in [-0.2, 0) is 4.79 Å². The Hall–Kier alpha value is -0.370. The van der Waals surface area contributed by atoms with Gasteiger partial charge in [0.2, 0.25) is 0 Å². The molecule has 0 radical (unpaired) electrons. The molecule has 0 aliphatic carbocycles. The molecule has 0 saturated carbocycles. The Labute approximate surface area is 57.9 Å². The number of carbonyl (C=O) groups is 1. The zero-order valence-corrected chi connectivity index (χ0v) is 6.68. The van der Waals surface area contributed by atoms with E-state index in [4.69, 9.17) is 4.79 Å². The van der Waals surface area contributed by atoms with E-state index in [9.17, 15) is 0 Å². The van der Waals surface area contributed by atoms with Gasteiger partial charge in [0, 0.05) is 0 Å². The molecule has 0 amide bonds. The first-order valence-corrected chi connectivity index (χ1v) is 3.21. The largest absolute Gasteiger partial charge is 0.309 e. The van der Waals surface area contributed by atoms with Crippen LogP contribution in [0.3, 0.4) is 0 Å². The Balaban J connectivity index is 0. The molecule has 2 nitrogen and oxygen atoms in total. The minimum atomic E-state index is 1.23. The number of nitrogens with zero attached hydrogens (tertiary/aromatic N) is 1. The maximum atomic E-state index is 8.00. The van der Waals surface area contributed by atoms with Gasteiger partial charge in [0.15, 0.2) is 0 Å². The summed E-state index contributed by atoms with van der Waals surface area (Å²) in [5.74, 6) is 0. The SMILES string of the molecule is C=O.CCCCN(C)C. The van der Waals surface area contributed by atoms with Crippen LogP contribution in [0.25, 0.3) is 0 Å². The second kappa shape index (κ2) is 10.6. The molecule has 0 aliphatic rings. The monoisotopic (exact) mass is 131 g/mol. The molecule has 0 unspecified atom stereocenters. The summed E-state index contributed by atoms with van der Waals surface area (Å²) in [5, 5.41) is 0. The van der Waals surface area contributed by atoms with Crippen molar-refractivity contribution in [2.45, 2.75) is 19.8 Å². The van der Waals surface area contributed by atoms with E-state index in [1.54, 1.807) is 0 Å². The van der Waals surface area contributed by atoms with Crippen LogP contribution in [0, 0.1) is 0 Å². The number of hydrogen-bond acceptors (Lipinski definition) is 2. The van der Waals surface area contributed by atoms with E-state index in [2.05, 4.69) is 25.9 Å². The van der Waals surface area contributed by atoms with Crippen LogP contribution >= 0.6 is 0 Å². The summed E-state index contributed by atoms with van der Waals surface area (Å²) in [5.41, 5.74) is 0. The van der Waals surface area contributed by atoms with Crippen molar-refractivity contribution in [2.75, 3.05) is 20.6 Å². The van der Waals surface area contributed by atoms with Crippen LogP contribution in [-0.4, -0.2) is 32.3 Å². The lowest BCUT2D eigenvalue weighted by molar-refractivity contribution is -0.0979. The first-order valence-electron chi connectivity index (χ1n) is 3.21. The number of hydrogen-bond donors (Lipinski definition) is 0. The standard InChI is InChI=1S/C6H15N.CH2O/c1-4-5-6-7(2)3;1-2/h4-6H2,1-3H3;1H2. The zero-order chi connectivity index (χ0) is 7.70. The predicted molar refractivity (Wildman–Crippen MR) is 40.6 cm³/mol. The molecule has 0 aromatic heterocycles. The molecule has 0 fully saturated rings. The van der Waals surface area contributed by atoms with E-state index in [0.29, 0.717) is 0 Å². The summed E-state index contributed by atoms with van der Waals surface area (Å²) in [6.07, 6.45) is 2.63. The van der Waals surface area contributed by atoms with Crippen molar-refractivity contribution in [3.05, 3.63) is 0 Å². The van der Waals surface area contributed by atoms with E-state index in [1.165, 1.54) is 19.4 Å². The van der Waals surface area contributed by atoms with E-state index in [0.717, 1.165) is 0 Å². The van der Waals surface area contributed by atoms with Gasteiger partial charge in [0.25, 0.3) is 0 Å². The van der Waals surface area contributed by atoms with Crippen molar-refractivity contribution < 1.29 is 4.79 Å². The van der Waals surface area contributed by atoms with Gasteiger partial charge < -0.3 is 9.69 Å². The molecule has 0 aromatic rings. The Morgan fingerprint density at radius 3 is 1.89 bits per heavy atom. The van der Waals surface area contributed by atoms with Gasteiger partial charge in [-0.05, 0) is 27.1 Å². The highest BCUT2D eigenvalue weighted by Crippen LogP contribution is 1.86. The summed E-state index contributed by atoms with van der Waals surface area (Å²) < 4.78 is 0. The quantitative estimate of drug-likeness (QED) is 0.573. The molecule has 0 heterocycles. The Kier molecular flexibility index (Phi) is 13.4. The lowest BCUT2D eigenvalue weighted by Crippen LogP contribution is -2.12. The van der Waals surface area contributed by atoms with E-state index in [-0.39, 0.29) is 0 Å². The van der Waals surface area contributed by atoms with Gasteiger partial charge in [0.1, 0.15) is 6.79 Å². The smallest absolute Gasteiger partial charge is 0.106 e. The maximum Gasteiger partial charge on any atom is 0.106 e. The molecule has 2 heteroatoms. The van der Waals surface area contributed by atoms with Gasteiger partial charge in [0.05, 0.1) is 0 Å². The molecule has 0 saturated heterocycles. The molecular weight excluding hydrogens is 114 g/mol. The van der Waals surface area contributed by atoms with Gasteiger partial charge >= 0.3 is 0 Å². The average molecular weight is 131 g/mol. The molecule has 0 bridgehead atoms. The number of rotatable bonds is 3. The summed E-state index contributed by atoms with van der Waals surface area (Å²) >= 11 is 0. The Bertz CT molecular complexity index is 46.2. The lowest BCUT2D eigenvalue weighted by atomic mass is 10.3. The van der Waals surface area contributed by atoms with E-state index < -0.39 is 0 Å². The normalized spacial score (nSPS) is 8.44. The fraction of sp³-hybridized carbons (Fsp3) is 0.857. The second-order valence-corrected chi connectivity index (χ2v) is 2.16. The van der Waals surface area contributed by atoms with E-state index in [1.807, 2.05) is 6.79 Å². The van der Waals surface area contributed by atoms with E-state index >= 15 is 0 Å². The van der Waals surface area contributed by atoms with Crippen LogP contribution in [0.4, 0.5) is 0 Å². The van der Waals surface area contributed by atoms with Gasteiger partial charge in [-0.3, -0.25) is 0 Å². The summed E-state index contributed by atoms with van der Waals surface area (Å²) in [7, 11) is 4.21. The number of unbranched alkanes of at least 4 members (excludes halogenated alkanes) is 1. The fourth-order valence-corrected chi connectivity index (χ4v) is 0.474. The maximum absolute atomic E-state index is 8.00. The molecule has 0 N–H and O–H groups in total. The third-order valence-electron chi connectivity index (χ3n) is 0.959. The van der Waals surface area contributed by atoms with Crippen molar-refractivity contribution in [1.29, 1.82) is 0 Å². The summed E-state index contributed by atoms with van der Waals surface area (Å²) in [6, 6.07) is 0. The predicted octanol–water partition coefficient (Wildman–Crippen LogP) is 1.16. The highest BCUT2D eigenvalue weighted by molar-refractivity contribution is 5.10. The Morgan fingerprint density at radius 1 is 1.33 bits per heavy atom. The molecule has 9 heavy (non-hydrogen) atoms. The second-order valence-electron chi connectivity index (χ2n) is 2.16. The highest BCUT2D eigenvalue weighted by Gasteiger charge is 1.83. The van der Waals surface area contributed by atoms with Crippen LogP contribution in [0.2, 0.25) is 0 Å². The fourth-order valence-electron chi connectivity index (χ4n) is 0.474. The average Bonchev–Trinajstić information content (AvgIpc) is 1.88. The molecule has 0 atom stereocenters. The first kappa shape index (κ1) is 11.4. The molecule has 56 valence electrons. The molecular formula is C7H17NO. The van der Waals surface area contributed by atoms with Crippen LogP contribution < -0.4 is 0 Å². The molecule has 0 spiro atoms. The first-order chi connectivity index (χ1) is 4.27. The molecule has 0 aromatic carbocycles. The van der Waals surface area contributed by atoms with Crippen LogP contribution in [0.5, 0.6) is 0 Å². The molecule has 0 aliphatic heterocycles. The molecule has 0 rings (SSSR count). The van der Waals surface area contributed by atoms with Gasteiger partial charge in [-0.2, -0.15) is 0 Å². The van der Waals surface area contributed by atoms with Crippen LogP contribution in [0.1, 0.15) is 19.8 Å². The Morgan fingerprint density at radius 2 is 1.78 bits per heavy atom. The number of carbonyl (C=O) groups excluding carboxylic acids is 1. The van der Waals surface area contributed by atoms with Gasteiger partial charge in [-0.25, -0.2) is 0 Å². The summed E-state index contributed by atoms with van der Waals surface area (Å²) in [4.78, 5) is 10.2. The third-order valence-corrected chi connectivity index (χ3v) is 0.959. The third kappa shape index (κ3) is 18.4.